The Morgan fingerprint density at radius 2 is 1.79 bits per heavy atom. The van der Waals surface area contributed by atoms with E-state index in [0.717, 1.165) is 81.2 Å². The zero-order valence-electron chi connectivity index (χ0n) is 21.9. The standard InChI is InChI=1S/C30H32FN5O3/c31-27-8-5-24(33-30(37)36-9-1-2-10-36)19-26(27)28-18-22-17-23(20-32-29(22)34-28)21-3-6-25(7-4-21)39-16-13-35-11-14-38-15-12-35/h3-8,17,19-20H,1-2,9-16,18H2,(H,33,37). The fourth-order valence-corrected chi connectivity index (χ4v) is 5.20. The number of nitrogens with one attached hydrogen (secondary N) is 1. The van der Waals surface area contributed by atoms with Gasteiger partial charge in [0.15, 0.2) is 5.82 Å². The zero-order valence-corrected chi connectivity index (χ0v) is 21.9. The number of nitrogens with zero attached hydrogens (tertiary/aromatic N) is 4. The van der Waals surface area contributed by atoms with Crippen molar-refractivity contribution in [2.75, 3.05) is 57.9 Å². The van der Waals surface area contributed by atoms with Crippen molar-refractivity contribution in [3.05, 3.63) is 71.7 Å². The number of pyridine rings is 1. The molecule has 3 aliphatic heterocycles. The van der Waals surface area contributed by atoms with Gasteiger partial charge in [-0.2, -0.15) is 0 Å². The monoisotopic (exact) mass is 529 g/mol. The molecule has 0 spiro atoms. The molecule has 6 rings (SSSR count). The number of halogens is 1. The van der Waals surface area contributed by atoms with Crippen molar-refractivity contribution in [3.8, 4) is 16.9 Å². The molecule has 0 radical (unpaired) electrons. The van der Waals surface area contributed by atoms with Crippen molar-refractivity contribution >= 4 is 23.2 Å². The predicted octanol–water partition coefficient (Wildman–Crippen LogP) is 4.90. The van der Waals surface area contributed by atoms with Gasteiger partial charge in [0, 0.05) is 67.7 Å². The quantitative estimate of drug-likeness (QED) is 0.471. The number of urea groups is 1. The number of morpholine rings is 1. The smallest absolute Gasteiger partial charge is 0.321 e. The lowest BCUT2D eigenvalue weighted by Gasteiger charge is -2.26. The van der Waals surface area contributed by atoms with E-state index in [2.05, 4.69) is 26.3 Å². The highest BCUT2D eigenvalue weighted by molar-refractivity contribution is 6.07. The summed E-state index contributed by atoms with van der Waals surface area (Å²) in [4.78, 5) is 25.8. The molecule has 1 N–H and O–H groups in total. The van der Waals surface area contributed by atoms with Crippen molar-refractivity contribution in [3.63, 3.8) is 0 Å². The highest BCUT2D eigenvalue weighted by Gasteiger charge is 2.22. The van der Waals surface area contributed by atoms with E-state index in [4.69, 9.17) is 9.47 Å². The average molecular weight is 530 g/mol. The Morgan fingerprint density at radius 1 is 1.00 bits per heavy atom. The largest absolute Gasteiger partial charge is 0.492 e. The molecule has 0 bridgehead atoms. The summed E-state index contributed by atoms with van der Waals surface area (Å²) in [6.45, 7) is 6.50. The predicted molar refractivity (Wildman–Crippen MR) is 149 cm³/mol. The van der Waals surface area contributed by atoms with Gasteiger partial charge in [0.2, 0.25) is 0 Å². The number of carbonyl (C=O) groups excluding carboxylic acids is 1. The van der Waals surface area contributed by atoms with Crippen molar-refractivity contribution in [2.45, 2.75) is 19.3 Å². The van der Waals surface area contributed by atoms with Gasteiger partial charge in [-0.05, 0) is 54.8 Å². The minimum absolute atomic E-state index is 0.151. The first kappa shape index (κ1) is 25.5. The van der Waals surface area contributed by atoms with Crippen LogP contribution in [0.15, 0.2) is 59.7 Å². The second-order valence-corrected chi connectivity index (χ2v) is 10.1. The van der Waals surface area contributed by atoms with Crippen LogP contribution in [0.25, 0.3) is 11.1 Å². The highest BCUT2D eigenvalue weighted by atomic mass is 19.1. The van der Waals surface area contributed by atoms with Gasteiger partial charge in [-0.25, -0.2) is 19.2 Å². The van der Waals surface area contributed by atoms with Crippen LogP contribution in [0, 0.1) is 5.82 Å². The van der Waals surface area contributed by atoms with E-state index >= 15 is 0 Å². The van der Waals surface area contributed by atoms with E-state index in [1.807, 2.05) is 24.3 Å². The van der Waals surface area contributed by atoms with Gasteiger partial charge in [0.1, 0.15) is 18.2 Å². The third kappa shape index (κ3) is 5.94. The number of aliphatic imine (C=N–C) groups is 1. The summed E-state index contributed by atoms with van der Waals surface area (Å²) in [5.41, 5.74) is 4.48. The lowest BCUT2D eigenvalue weighted by atomic mass is 10.0. The van der Waals surface area contributed by atoms with Crippen LogP contribution >= 0.6 is 0 Å². The number of rotatable bonds is 7. The summed E-state index contributed by atoms with van der Waals surface area (Å²) in [6, 6.07) is 14.5. The molecule has 2 fully saturated rings. The van der Waals surface area contributed by atoms with Crippen LogP contribution in [0.4, 0.5) is 20.7 Å². The third-order valence-corrected chi connectivity index (χ3v) is 7.43. The molecule has 1 aromatic heterocycles. The minimum Gasteiger partial charge on any atom is -0.492 e. The molecule has 2 aromatic carbocycles. The van der Waals surface area contributed by atoms with E-state index < -0.39 is 0 Å². The average Bonchev–Trinajstić information content (AvgIpc) is 3.65. The Balaban J connectivity index is 1.09. The van der Waals surface area contributed by atoms with Gasteiger partial charge >= 0.3 is 6.03 Å². The molecule has 0 aliphatic carbocycles. The van der Waals surface area contributed by atoms with Gasteiger partial charge in [0.05, 0.1) is 18.9 Å². The number of hydrogen-bond acceptors (Lipinski definition) is 6. The van der Waals surface area contributed by atoms with Crippen molar-refractivity contribution in [2.24, 2.45) is 4.99 Å². The van der Waals surface area contributed by atoms with E-state index in [-0.39, 0.29) is 11.8 Å². The molecule has 0 unspecified atom stereocenters. The molecular weight excluding hydrogens is 497 g/mol. The summed E-state index contributed by atoms with van der Waals surface area (Å²) < 4.78 is 26.1. The SMILES string of the molecule is O=C(Nc1ccc(F)c(C2=Nc3ncc(-c4ccc(OCCN5CCOCC5)cc4)cc3C2)c1)N1CCCC1. The summed E-state index contributed by atoms with van der Waals surface area (Å²) in [7, 11) is 0. The number of fused-ring (bicyclic) bond motifs is 1. The number of likely N-dealkylation sites (tertiary alicyclic amines) is 1. The Morgan fingerprint density at radius 3 is 2.59 bits per heavy atom. The van der Waals surface area contributed by atoms with Crippen LogP contribution in [0.2, 0.25) is 0 Å². The first-order chi connectivity index (χ1) is 19.1. The number of benzene rings is 2. The van der Waals surface area contributed by atoms with E-state index in [1.165, 1.54) is 6.07 Å². The fraction of sp³-hybridized carbons (Fsp3) is 0.367. The van der Waals surface area contributed by atoms with Crippen LogP contribution in [0.5, 0.6) is 5.75 Å². The highest BCUT2D eigenvalue weighted by Crippen LogP contribution is 2.32. The fourth-order valence-electron chi connectivity index (χ4n) is 5.20. The molecule has 3 aromatic rings. The van der Waals surface area contributed by atoms with Crippen molar-refractivity contribution in [1.29, 1.82) is 0 Å². The number of hydrogen-bond donors (Lipinski definition) is 1. The number of amides is 2. The second kappa shape index (κ2) is 11.5. The number of carbonyl (C=O) groups is 1. The molecule has 0 atom stereocenters. The van der Waals surface area contributed by atoms with E-state index in [0.29, 0.717) is 35.8 Å². The first-order valence-electron chi connectivity index (χ1n) is 13.6. The van der Waals surface area contributed by atoms with Crippen LogP contribution < -0.4 is 10.1 Å². The molecule has 2 amide bonds. The molecule has 9 heteroatoms. The molecule has 39 heavy (non-hydrogen) atoms. The Kier molecular flexibility index (Phi) is 7.51. The summed E-state index contributed by atoms with van der Waals surface area (Å²) in [6.07, 6.45) is 4.29. The maximum absolute atomic E-state index is 14.8. The van der Waals surface area contributed by atoms with Crippen LogP contribution in [0.1, 0.15) is 24.0 Å². The number of aromatic nitrogens is 1. The van der Waals surface area contributed by atoms with E-state index in [1.54, 1.807) is 23.2 Å². The normalized spacial score (nSPS) is 17.2. The summed E-state index contributed by atoms with van der Waals surface area (Å²) in [5, 5.41) is 2.89. The third-order valence-electron chi connectivity index (χ3n) is 7.43. The summed E-state index contributed by atoms with van der Waals surface area (Å²) in [5.74, 6) is 1.06. The van der Waals surface area contributed by atoms with Crippen LogP contribution in [0.3, 0.4) is 0 Å². The van der Waals surface area contributed by atoms with Gasteiger partial charge < -0.3 is 19.7 Å². The van der Waals surface area contributed by atoms with E-state index in [9.17, 15) is 9.18 Å². The summed E-state index contributed by atoms with van der Waals surface area (Å²) >= 11 is 0. The number of anilines is 1. The van der Waals surface area contributed by atoms with Gasteiger partial charge in [-0.1, -0.05) is 12.1 Å². The Labute approximate surface area is 227 Å². The van der Waals surface area contributed by atoms with Crippen LogP contribution in [-0.2, 0) is 11.2 Å². The van der Waals surface area contributed by atoms with Gasteiger partial charge in [-0.15, -0.1) is 0 Å². The Hall–Kier alpha value is -3.82. The molecule has 3 aliphatic rings. The second-order valence-electron chi connectivity index (χ2n) is 10.1. The maximum atomic E-state index is 14.8. The van der Waals surface area contributed by atoms with Crippen LogP contribution in [-0.4, -0.2) is 79.1 Å². The maximum Gasteiger partial charge on any atom is 0.321 e. The molecule has 4 heterocycles. The topological polar surface area (TPSA) is 79.3 Å². The molecule has 8 nitrogen and oxygen atoms in total. The lowest BCUT2D eigenvalue weighted by molar-refractivity contribution is 0.0322. The number of ether oxygens (including phenoxy) is 2. The molecule has 2 saturated heterocycles. The van der Waals surface area contributed by atoms with Gasteiger partial charge in [0.25, 0.3) is 0 Å². The molecular formula is C30H32FN5O3. The van der Waals surface area contributed by atoms with Gasteiger partial charge in [-0.3, -0.25) is 4.90 Å². The first-order valence-corrected chi connectivity index (χ1v) is 13.6. The van der Waals surface area contributed by atoms with Crippen molar-refractivity contribution < 1.29 is 18.7 Å². The minimum atomic E-state index is -0.370. The molecule has 0 saturated carbocycles. The lowest BCUT2D eigenvalue weighted by Crippen LogP contribution is -2.38. The van der Waals surface area contributed by atoms with Crippen molar-refractivity contribution in [1.82, 2.24) is 14.8 Å². The molecule has 202 valence electrons. The Bertz CT molecular complexity index is 1370. The zero-order chi connectivity index (χ0) is 26.6.